The van der Waals surface area contributed by atoms with Gasteiger partial charge in [-0.15, -0.1) is 0 Å². The molecule has 0 aromatic heterocycles. The Kier molecular flexibility index (Phi) is 5.78. The van der Waals surface area contributed by atoms with Crippen LogP contribution in [0.3, 0.4) is 0 Å². The van der Waals surface area contributed by atoms with Crippen LogP contribution in [0.15, 0.2) is 36.4 Å². The zero-order chi connectivity index (χ0) is 22.4. The normalized spacial score (nSPS) is 18.5. The lowest BCUT2D eigenvalue weighted by atomic mass is 10.1. The van der Waals surface area contributed by atoms with Crippen molar-refractivity contribution in [1.82, 2.24) is 0 Å². The van der Waals surface area contributed by atoms with E-state index in [9.17, 15) is 31.2 Å². The van der Waals surface area contributed by atoms with E-state index >= 15 is 0 Å². The highest BCUT2D eigenvalue weighted by molar-refractivity contribution is 7.94. The highest BCUT2D eigenvalue weighted by atomic mass is 35.5. The van der Waals surface area contributed by atoms with Crippen LogP contribution in [-0.4, -0.2) is 26.0 Å². The number of halogens is 5. The molecule has 0 radical (unpaired) electrons. The lowest BCUT2D eigenvalue weighted by Gasteiger charge is -2.17. The quantitative estimate of drug-likeness (QED) is 0.696. The number of carbonyl (C=O) groups excluding carboxylic acids is 2. The number of hydrogen-bond donors (Lipinski definition) is 1. The minimum Gasteiger partial charge on any atom is -0.321 e. The van der Waals surface area contributed by atoms with Gasteiger partial charge in [-0.1, -0.05) is 30.1 Å². The van der Waals surface area contributed by atoms with Gasteiger partial charge in [-0.3, -0.25) is 9.59 Å². The van der Waals surface area contributed by atoms with Crippen LogP contribution in [0.2, 0.25) is 10.0 Å². The zero-order valence-electron chi connectivity index (χ0n) is 15.1. The van der Waals surface area contributed by atoms with E-state index in [0.717, 1.165) is 18.2 Å². The number of rotatable bonds is 3. The fraction of sp³-hybridized carbons (Fsp3) is 0.222. The first kappa shape index (κ1) is 22.4. The predicted octanol–water partition coefficient (Wildman–Crippen LogP) is 4.58. The molecule has 1 heterocycles. The van der Waals surface area contributed by atoms with E-state index in [1.54, 1.807) is 0 Å². The molecule has 1 atom stereocenters. The van der Waals surface area contributed by atoms with Gasteiger partial charge >= 0.3 is 6.18 Å². The van der Waals surface area contributed by atoms with Crippen molar-refractivity contribution >= 4 is 56.4 Å². The Hall–Kier alpha value is -2.30. The molecule has 0 aliphatic carbocycles. The summed E-state index contributed by atoms with van der Waals surface area (Å²) < 4.78 is 63.9. The second-order valence-electron chi connectivity index (χ2n) is 6.59. The third kappa shape index (κ3) is 4.26. The van der Waals surface area contributed by atoms with Crippen LogP contribution >= 0.6 is 23.2 Å². The number of sulfonamides is 1. The molecule has 12 heteroatoms. The first-order chi connectivity index (χ1) is 13.8. The van der Waals surface area contributed by atoms with Crippen LogP contribution in [-0.2, 0) is 21.0 Å². The molecule has 6 nitrogen and oxygen atoms in total. The Balaban J connectivity index is 1.97. The molecular formula is C18H13Cl2F3N2O4S. The average molecular weight is 481 g/mol. The minimum absolute atomic E-state index is 0.101. The van der Waals surface area contributed by atoms with Gasteiger partial charge in [-0.25, -0.2) is 12.7 Å². The molecule has 0 saturated carbocycles. The third-order valence-electron chi connectivity index (χ3n) is 4.33. The standard InChI is InChI=1S/C18H13Cl2F3N2O4S/c1-9-8-30(28,29)25(17(9)27)11-3-5-13(19)12(7-11)16(26)24-15-6-10(18(21,22)23)2-4-14(15)20/h2-7,9H,8H2,1H3,(H,24,26). The number of hydrogen-bond acceptors (Lipinski definition) is 4. The maximum absolute atomic E-state index is 12.9. The van der Waals surface area contributed by atoms with Gasteiger partial charge in [-0.05, 0) is 36.4 Å². The van der Waals surface area contributed by atoms with Gasteiger partial charge in [-0.2, -0.15) is 13.2 Å². The van der Waals surface area contributed by atoms with E-state index in [4.69, 9.17) is 23.2 Å². The summed E-state index contributed by atoms with van der Waals surface area (Å²) in [6, 6.07) is 5.95. The van der Waals surface area contributed by atoms with Crippen LogP contribution in [0.25, 0.3) is 0 Å². The van der Waals surface area contributed by atoms with Crippen LogP contribution in [0, 0.1) is 5.92 Å². The van der Waals surface area contributed by atoms with Crippen molar-refractivity contribution in [3.05, 3.63) is 57.6 Å². The summed E-state index contributed by atoms with van der Waals surface area (Å²) >= 11 is 11.9. The smallest absolute Gasteiger partial charge is 0.321 e. The van der Waals surface area contributed by atoms with Crippen LogP contribution in [0.1, 0.15) is 22.8 Å². The molecular weight excluding hydrogens is 468 g/mol. The number of nitrogens with one attached hydrogen (secondary N) is 1. The SMILES string of the molecule is CC1CS(=O)(=O)N(c2ccc(Cl)c(C(=O)Nc3cc(C(F)(F)F)ccc3Cl)c2)C1=O. The molecule has 1 saturated heterocycles. The van der Waals surface area contributed by atoms with Gasteiger partial charge in [0.25, 0.3) is 5.91 Å². The summed E-state index contributed by atoms with van der Waals surface area (Å²) in [5.74, 6) is -2.73. The monoisotopic (exact) mass is 480 g/mol. The van der Waals surface area contributed by atoms with Crippen molar-refractivity contribution in [1.29, 1.82) is 0 Å². The van der Waals surface area contributed by atoms with E-state index in [1.165, 1.54) is 19.1 Å². The summed E-state index contributed by atoms with van der Waals surface area (Å²) in [7, 11) is -3.92. The van der Waals surface area contributed by atoms with Crippen molar-refractivity contribution in [3.8, 4) is 0 Å². The number of benzene rings is 2. The van der Waals surface area contributed by atoms with Gasteiger partial charge in [0, 0.05) is 0 Å². The van der Waals surface area contributed by atoms with Crippen molar-refractivity contribution in [2.45, 2.75) is 13.1 Å². The first-order valence-electron chi connectivity index (χ1n) is 8.36. The molecule has 1 aliphatic heterocycles. The number of alkyl halides is 3. The van der Waals surface area contributed by atoms with Crippen LogP contribution < -0.4 is 9.62 Å². The van der Waals surface area contributed by atoms with Crippen molar-refractivity contribution in [2.24, 2.45) is 5.92 Å². The van der Waals surface area contributed by atoms with Crippen molar-refractivity contribution < 1.29 is 31.2 Å². The van der Waals surface area contributed by atoms with E-state index < -0.39 is 39.5 Å². The molecule has 1 N–H and O–H groups in total. The maximum Gasteiger partial charge on any atom is 0.416 e. The molecule has 160 valence electrons. The van der Waals surface area contributed by atoms with Gasteiger partial charge in [0.15, 0.2) is 0 Å². The lowest BCUT2D eigenvalue weighted by molar-refractivity contribution is -0.137. The number of carbonyl (C=O) groups is 2. The minimum atomic E-state index is -4.65. The first-order valence-corrected chi connectivity index (χ1v) is 10.7. The van der Waals surface area contributed by atoms with E-state index in [0.29, 0.717) is 10.4 Å². The Morgan fingerprint density at radius 3 is 2.33 bits per heavy atom. The van der Waals surface area contributed by atoms with Crippen LogP contribution in [0.4, 0.5) is 24.5 Å². The summed E-state index contributed by atoms with van der Waals surface area (Å²) in [5, 5.41) is 1.99. The molecule has 2 aromatic carbocycles. The second-order valence-corrected chi connectivity index (χ2v) is 9.27. The van der Waals surface area contributed by atoms with Crippen molar-refractivity contribution in [2.75, 3.05) is 15.4 Å². The third-order valence-corrected chi connectivity index (χ3v) is 6.86. The van der Waals surface area contributed by atoms with Crippen molar-refractivity contribution in [3.63, 3.8) is 0 Å². The largest absolute Gasteiger partial charge is 0.416 e. The Morgan fingerprint density at radius 2 is 1.77 bits per heavy atom. The Bertz CT molecular complexity index is 1150. The highest BCUT2D eigenvalue weighted by Crippen LogP contribution is 2.35. The van der Waals surface area contributed by atoms with Crippen LogP contribution in [0.5, 0.6) is 0 Å². The Morgan fingerprint density at radius 1 is 1.13 bits per heavy atom. The average Bonchev–Trinajstić information content (AvgIpc) is 2.83. The van der Waals surface area contributed by atoms with E-state index in [1.807, 2.05) is 0 Å². The maximum atomic E-state index is 12.9. The fourth-order valence-electron chi connectivity index (χ4n) is 2.89. The van der Waals surface area contributed by atoms with E-state index in [2.05, 4.69) is 5.32 Å². The predicted molar refractivity (Wildman–Crippen MR) is 106 cm³/mol. The summed E-state index contributed by atoms with van der Waals surface area (Å²) in [5.41, 5.74) is -1.68. The molecule has 1 unspecified atom stereocenters. The summed E-state index contributed by atoms with van der Waals surface area (Å²) in [6.45, 7) is 1.46. The topological polar surface area (TPSA) is 83.6 Å². The fourth-order valence-corrected chi connectivity index (χ4v) is 5.07. The number of anilines is 2. The lowest BCUT2D eigenvalue weighted by Crippen LogP contribution is -2.30. The highest BCUT2D eigenvalue weighted by Gasteiger charge is 2.42. The number of amides is 2. The summed E-state index contributed by atoms with van der Waals surface area (Å²) in [4.78, 5) is 24.9. The summed E-state index contributed by atoms with van der Waals surface area (Å²) in [6.07, 6.45) is -4.65. The molecule has 3 rings (SSSR count). The molecule has 30 heavy (non-hydrogen) atoms. The molecule has 2 amide bonds. The molecule has 1 fully saturated rings. The van der Waals surface area contributed by atoms with E-state index in [-0.39, 0.29) is 32.7 Å². The molecule has 2 aromatic rings. The van der Waals surface area contributed by atoms with Gasteiger partial charge in [0.05, 0.1) is 44.2 Å². The van der Waals surface area contributed by atoms with Gasteiger partial charge in [0.2, 0.25) is 15.9 Å². The molecule has 1 aliphatic rings. The second kappa shape index (κ2) is 7.75. The Labute approximate surface area is 179 Å². The van der Waals surface area contributed by atoms with Gasteiger partial charge in [0.1, 0.15) is 0 Å². The van der Waals surface area contributed by atoms with Gasteiger partial charge < -0.3 is 5.32 Å². The molecule has 0 bridgehead atoms. The zero-order valence-corrected chi connectivity index (χ0v) is 17.5. The molecule has 0 spiro atoms. The number of nitrogens with zero attached hydrogens (tertiary/aromatic N) is 1.